The number of anilines is 1. The van der Waals surface area contributed by atoms with Crippen LogP contribution in [0.2, 0.25) is 0 Å². The fourth-order valence-corrected chi connectivity index (χ4v) is 5.37. The minimum Gasteiger partial charge on any atom is -0.497 e. The van der Waals surface area contributed by atoms with E-state index in [9.17, 15) is 4.79 Å². The molecule has 2 aromatic rings. The van der Waals surface area contributed by atoms with Crippen molar-refractivity contribution in [1.29, 1.82) is 0 Å². The number of carbonyl (C=O) groups is 1. The molecule has 2 fully saturated rings. The van der Waals surface area contributed by atoms with E-state index in [1.54, 1.807) is 7.11 Å². The van der Waals surface area contributed by atoms with Crippen molar-refractivity contribution in [3.05, 3.63) is 54.1 Å². The second kappa shape index (κ2) is 11.1. The van der Waals surface area contributed by atoms with Gasteiger partial charge in [0.1, 0.15) is 18.1 Å². The number of methoxy groups -OCH3 is 1. The van der Waals surface area contributed by atoms with E-state index in [4.69, 9.17) is 9.47 Å². The van der Waals surface area contributed by atoms with Crippen molar-refractivity contribution in [1.82, 2.24) is 4.90 Å². The lowest BCUT2D eigenvalue weighted by Gasteiger charge is -2.36. The Morgan fingerprint density at radius 3 is 2.33 bits per heavy atom. The Morgan fingerprint density at radius 1 is 0.970 bits per heavy atom. The lowest BCUT2D eigenvalue weighted by Crippen LogP contribution is -2.42. The smallest absolute Gasteiger partial charge is 0.235 e. The van der Waals surface area contributed by atoms with Crippen molar-refractivity contribution in [2.75, 3.05) is 32.1 Å². The average Bonchev–Trinajstić information content (AvgIpc) is 2.86. The van der Waals surface area contributed by atoms with Gasteiger partial charge in [0.15, 0.2) is 0 Å². The van der Waals surface area contributed by atoms with Crippen molar-refractivity contribution < 1.29 is 14.3 Å². The first-order valence-corrected chi connectivity index (χ1v) is 12.5. The van der Waals surface area contributed by atoms with Crippen LogP contribution in [0.3, 0.4) is 0 Å². The van der Waals surface area contributed by atoms with Crippen molar-refractivity contribution in [2.45, 2.75) is 69.7 Å². The molecule has 1 aliphatic heterocycles. The largest absolute Gasteiger partial charge is 0.497 e. The number of rotatable bonds is 8. The van der Waals surface area contributed by atoms with Crippen molar-refractivity contribution in [2.24, 2.45) is 0 Å². The SMILES string of the molecule is COc1ccc(C2(C(=O)Nc3ccc(OCCN4CCCC[C@@H]4C)cc3)CCCCC2)cc1. The molecule has 1 N–H and O–H groups in total. The number of piperidine rings is 1. The van der Waals surface area contributed by atoms with Gasteiger partial charge in [-0.05, 0) is 81.1 Å². The summed E-state index contributed by atoms with van der Waals surface area (Å²) in [6, 6.07) is 16.5. The van der Waals surface area contributed by atoms with Gasteiger partial charge in [0.2, 0.25) is 5.91 Å². The quantitative estimate of drug-likeness (QED) is 0.553. The highest BCUT2D eigenvalue weighted by molar-refractivity contribution is 5.99. The Balaban J connectivity index is 1.37. The molecular weight excluding hydrogens is 412 g/mol. The van der Waals surface area contributed by atoms with E-state index in [-0.39, 0.29) is 5.91 Å². The molecular formula is C28H38N2O3. The molecule has 0 unspecified atom stereocenters. The van der Waals surface area contributed by atoms with Crippen molar-refractivity contribution in [3.63, 3.8) is 0 Å². The first-order chi connectivity index (χ1) is 16.1. The zero-order chi connectivity index (χ0) is 23.1. The van der Waals surface area contributed by atoms with Gasteiger partial charge < -0.3 is 14.8 Å². The van der Waals surface area contributed by atoms with Gasteiger partial charge in [-0.25, -0.2) is 0 Å². The molecule has 1 saturated heterocycles. The molecule has 1 atom stereocenters. The molecule has 2 aromatic carbocycles. The normalized spacial score (nSPS) is 20.7. The van der Waals surface area contributed by atoms with Crippen LogP contribution in [0.4, 0.5) is 5.69 Å². The summed E-state index contributed by atoms with van der Waals surface area (Å²) in [6.07, 6.45) is 8.99. The molecule has 4 rings (SSSR count). The number of amides is 1. The molecule has 0 aromatic heterocycles. The summed E-state index contributed by atoms with van der Waals surface area (Å²) in [5, 5.41) is 3.19. The predicted molar refractivity (Wildman–Crippen MR) is 133 cm³/mol. The first-order valence-electron chi connectivity index (χ1n) is 12.5. The minimum atomic E-state index is -0.481. The van der Waals surface area contributed by atoms with Crippen LogP contribution in [0.5, 0.6) is 11.5 Å². The summed E-state index contributed by atoms with van der Waals surface area (Å²) in [7, 11) is 1.67. The molecule has 1 aliphatic carbocycles. The summed E-state index contributed by atoms with van der Waals surface area (Å²) in [5.41, 5.74) is 1.41. The van der Waals surface area contributed by atoms with E-state index >= 15 is 0 Å². The minimum absolute atomic E-state index is 0.0834. The number of nitrogens with zero attached hydrogens (tertiary/aromatic N) is 1. The predicted octanol–water partition coefficient (Wildman–Crippen LogP) is 5.79. The van der Waals surface area contributed by atoms with E-state index in [0.717, 1.165) is 55.0 Å². The van der Waals surface area contributed by atoms with Gasteiger partial charge in [0.05, 0.1) is 12.5 Å². The molecule has 1 amide bonds. The van der Waals surface area contributed by atoms with E-state index in [0.29, 0.717) is 12.6 Å². The molecule has 1 heterocycles. The molecule has 5 nitrogen and oxygen atoms in total. The highest BCUT2D eigenvalue weighted by Crippen LogP contribution is 2.41. The van der Waals surface area contributed by atoms with E-state index in [2.05, 4.69) is 17.1 Å². The van der Waals surface area contributed by atoms with Crippen LogP contribution in [0.15, 0.2) is 48.5 Å². The summed E-state index contributed by atoms with van der Waals surface area (Å²) < 4.78 is 11.3. The summed E-state index contributed by atoms with van der Waals surface area (Å²) >= 11 is 0. The third-order valence-corrected chi connectivity index (χ3v) is 7.48. The second-order valence-corrected chi connectivity index (χ2v) is 9.58. The Bertz CT molecular complexity index is 888. The number of benzene rings is 2. The van der Waals surface area contributed by atoms with E-state index < -0.39 is 5.41 Å². The summed E-state index contributed by atoms with van der Waals surface area (Å²) in [6.45, 7) is 5.13. The summed E-state index contributed by atoms with van der Waals surface area (Å²) in [4.78, 5) is 16.0. The zero-order valence-corrected chi connectivity index (χ0v) is 20.1. The number of likely N-dealkylation sites (tertiary alicyclic amines) is 1. The third-order valence-electron chi connectivity index (χ3n) is 7.48. The molecule has 5 heteroatoms. The third kappa shape index (κ3) is 5.70. The molecule has 1 saturated carbocycles. The van der Waals surface area contributed by atoms with Gasteiger partial charge in [-0.15, -0.1) is 0 Å². The Kier molecular flexibility index (Phi) is 7.92. The maximum atomic E-state index is 13.5. The molecule has 0 spiro atoms. The first kappa shape index (κ1) is 23.6. The van der Waals surface area contributed by atoms with Crippen LogP contribution in [0, 0.1) is 0 Å². The second-order valence-electron chi connectivity index (χ2n) is 9.58. The monoisotopic (exact) mass is 450 g/mol. The van der Waals surface area contributed by atoms with Crippen LogP contribution in [0.1, 0.15) is 63.9 Å². The van der Waals surface area contributed by atoms with Gasteiger partial charge >= 0.3 is 0 Å². The lowest BCUT2D eigenvalue weighted by atomic mass is 9.68. The molecule has 33 heavy (non-hydrogen) atoms. The molecule has 0 bridgehead atoms. The standard InChI is InChI=1S/C28H38N2O3/c1-22-8-4-7-19-30(22)20-21-33-26-15-11-24(12-16-26)29-27(31)28(17-5-3-6-18-28)23-9-13-25(32-2)14-10-23/h9-16,22H,3-8,17-21H2,1-2H3,(H,29,31)/t22-/m0/s1. The maximum Gasteiger partial charge on any atom is 0.235 e. The summed E-state index contributed by atoms with van der Waals surface area (Å²) in [5.74, 6) is 1.75. The number of hydrogen-bond donors (Lipinski definition) is 1. The number of nitrogens with one attached hydrogen (secondary N) is 1. The van der Waals surface area contributed by atoms with Gasteiger partial charge in [0.25, 0.3) is 0 Å². The Labute approximate surface area is 198 Å². The van der Waals surface area contributed by atoms with Gasteiger partial charge in [-0.3, -0.25) is 9.69 Å². The van der Waals surface area contributed by atoms with Crippen LogP contribution >= 0.6 is 0 Å². The lowest BCUT2D eigenvalue weighted by molar-refractivity contribution is -0.122. The van der Waals surface area contributed by atoms with Crippen LogP contribution < -0.4 is 14.8 Å². The highest BCUT2D eigenvalue weighted by Gasteiger charge is 2.41. The van der Waals surface area contributed by atoms with Crippen LogP contribution in [-0.4, -0.2) is 43.7 Å². The van der Waals surface area contributed by atoms with Crippen LogP contribution in [0.25, 0.3) is 0 Å². The number of hydrogen-bond acceptors (Lipinski definition) is 4. The zero-order valence-electron chi connectivity index (χ0n) is 20.1. The Hall–Kier alpha value is -2.53. The van der Waals surface area contributed by atoms with E-state index in [1.807, 2.05) is 48.5 Å². The fraction of sp³-hybridized carbons (Fsp3) is 0.536. The highest BCUT2D eigenvalue weighted by atomic mass is 16.5. The number of carbonyl (C=O) groups excluding carboxylic acids is 1. The number of ether oxygens (including phenoxy) is 2. The molecule has 0 radical (unpaired) electrons. The van der Waals surface area contributed by atoms with E-state index in [1.165, 1.54) is 32.2 Å². The topological polar surface area (TPSA) is 50.8 Å². The average molecular weight is 451 g/mol. The van der Waals surface area contributed by atoms with Crippen LogP contribution in [-0.2, 0) is 10.2 Å². The Morgan fingerprint density at radius 2 is 1.67 bits per heavy atom. The van der Waals surface area contributed by atoms with Crippen molar-refractivity contribution >= 4 is 11.6 Å². The van der Waals surface area contributed by atoms with Gasteiger partial charge in [0, 0.05) is 18.3 Å². The van der Waals surface area contributed by atoms with Crippen molar-refractivity contribution in [3.8, 4) is 11.5 Å². The van der Waals surface area contributed by atoms with Gasteiger partial charge in [-0.2, -0.15) is 0 Å². The fourth-order valence-electron chi connectivity index (χ4n) is 5.37. The molecule has 178 valence electrons. The maximum absolute atomic E-state index is 13.5. The van der Waals surface area contributed by atoms with Gasteiger partial charge in [-0.1, -0.05) is 37.8 Å². The molecule has 2 aliphatic rings.